The van der Waals surface area contributed by atoms with Crippen LogP contribution in [0.5, 0.6) is 0 Å². The summed E-state index contributed by atoms with van der Waals surface area (Å²) in [7, 11) is 0. The van der Waals surface area contributed by atoms with Gasteiger partial charge in [-0.3, -0.25) is 0 Å². The Morgan fingerprint density at radius 3 is 1.00 bits per heavy atom. The molecule has 4 aromatic carbocycles. The van der Waals surface area contributed by atoms with Crippen molar-refractivity contribution in [2.75, 3.05) is 0 Å². The van der Waals surface area contributed by atoms with E-state index < -0.39 is 14.2 Å². The van der Waals surface area contributed by atoms with Crippen molar-refractivity contribution in [3.8, 4) is 22.3 Å². The fourth-order valence-electron chi connectivity index (χ4n) is 9.33. The van der Waals surface area contributed by atoms with E-state index >= 15 is 0 Å². The van der Waals surface area contributed by atoms with Crippen LogP contribution >= 0.6 is 0 Å². The Hall–Kier alpha value is -2.55. The molecule has 2 atom stereocenters. The minimum absolute atomic E-state index is 0.0726. The molecule has 52 heavy (non-hydrogen) atoms. The normalized spacial score (nSPS) is 19.8. The summed E-state index contributed by atoms with van der Waals surface area (Å²) in [6, 6.07) is 29.0. The summed E-state index contributed by atoms with van der Waals surface area (Å²) in [6.45, 7) is 30.5. The van der Waals surface area contributed by atoms with Gasteiger partial charge in [0.05, 0.1) is 0 Å². The van der Waals surface area contributed by atoms with E-state index in [0.29, 0.717) is 7.35 Å². The molecule has 0 fully saturated rings. The van der Waals surface area contributed by atoms with Gasteiger partial charge in [0.1, 0.15) is 0 Å². The van der Waals surface area contributed by atoms with E-state index in [1.54, 1.807) is 0 Å². The van der Waals surface area contributed by atoms with E-state index in [-0.39, 0.29) is 21.7 Å². The second kappa shape index (κ2) is 10.8. The van der Waals surface area contributed by atoms with Gasteiger partial charge in [0.15, 0.2) is 0 Å². The second-order valence-electron chi connectivity index (χ2n) is 25.2. The summed E-state index contributed by atoms with van der Waals surface area (Å²) in [5, 5.41) is 0. The molecule has 0 saturated carbocycles. The molecule has 0 amide bonds. The van der Waals surface area contributed by atoms with Crippen LogP contribution in [-0.4, -0.2) is 6.94 Å². The molecule has 0 bridgehead atoms. The monoisotopic (exact) mass is 876 g/mol. The summed E-state index contributed by atoms with van der Waals surface area (Å²) >= 11 is -4.92. The molecule has 2 heteroatoms. The summed E-state index contributed by atoms with van der Waals surface area (Å²) in [6.07, 6.45) is 10.2. The van der Waals surface area contributed by atoms with Crippen LogP contribution in [0, 0.1) is 0 Å². The average Bonchev–Trinajstić information content (AvgIpc) is 3.65. The summed E-state index contributed by atoms with van der Waals surface area (Å²) in [4.78, 5) is 0. The van der Waals surface area contributed by atoms with Gasteiger partial charge in [-0.2, -0.15) is 0 Å². The zero-order valence-corrected chi connectivity index (χ0v) is 40.6. The zero-order valence-electron chi connectivity index (χ0n) is 35.6. The third kappa shape index (κ3) is 6.72. The Kier molecular flexibility index (Phi) is 8.14. The Bertz CT molecular complexity index is 2090. The molecular weight excluding hydrogens is 807 g/mol. The average molecular weight is 876 g/mol. The number of fused-ring (bicyclic) bond motifs is 2. The minimum atomic E-state index is -4.92. The van der Waals surface area contributed by atoms with Crippen molar-refractivity contribution in [3.05, 3.63) is 129 Å². The van der Waals surface area contributed by atoms with Crippen LogP contribution in [0.3, 0.4) is 0 Å². The number of rotatable bonds is 4. The first-order chi connectivity index (χ1) is 23.3. The van der Waals surface area contributed by atoms with Gasteiger partial charge in [-0.25, -0.2) is 0 Å². The molecule has 2 aliphatic rings. The van der Waals surface area contributed by atoms with Gasteiger partial charge in [-0.05, 0) is 0 Å². The molecule has 0 saturated heterocycles. The predicted molar refractivity (Wildman–Crippen MR) is 234 cm³/mol. The first-order valence-corrected chi connectivity index (χ1v) is 46.7. The van der Waals surface area contributed by atoms with Gasteiger partial charge in [-0.1, -0.05) is 0 Å². The van der Waals surface area contributed by atoms with Gasteiger partial charge in [0.2, 0.25) is 0 Å². The van der Waals surface area contributed by atoms with Crippen LogP contribution in [0.15, 0.2) is 84.9 Å². The number of hydrogen-bond acceptors (Lipinski definition) is 0. The standard InChI is InChI=1S/2C23H27.4CH3.Hf.H2Si/c2*1-22(2,3)18-13-17(14-19(15-18)23(4,5)6)21-12-8-10-16-9-7-11-20(16)21;;;;;;/h2*7-15H,1-6H3;4*1H3;;1H2. The van der Waals surface area contributed by atoms with Gasteiger partial charge >= 0.3 is 316 Å². The summed E-state index contributed by atoms with van der Waals surface area (Å²) in [5.74, 6) is 0. The van der Waals surface area contributed by atoms with E-state index in [0.717, 1.165) is 0 Å². The van der Waals surface area contributed by atoms with Gasteiger partial charge < -0.3 is 0 Å². The van der Waals surface area contributed by atoms with E-state index in [1.165, 1.54) is 66.8 Å². The molecule has 2 aliphatic carbocycles. The molecule has 0 aliphatic heterocycles. The number of allylic oxidation sites excluding steroid dienone is 2. The molecule has 0 nitrogen and oxygen atoms in total. The van der Waals surface area contributed by atoms with Crippen LogP contribution in [-0.2, 0) is 35.8 Å². The number of hydrogen-bond donors (Lipinski definition) is 0. The number of benzene rings is 4. The quantitative estimate of drug-likeness (QED) is 0.179. The molecule has 0 heterocycles. The van der Waals surface area contributed by atoms with E-state index in [9.17, 15) is 0 Å². The zero-order chi connectivity index (χ0) is 38.8. The van der Waals surface area contributed by atoms with E-state index in [2.05, 4.69) is 206 Å². The Morgan fingerprint density at radius 1 is 0.442 bits per heavy atom. The van der Waals surface area contributed by atoms with Crippen LogP contribution in [0.2, 0.25) is 18.7 Å². The fraction of sp³-hybridized carbons (Fsp3) is 0.440. The van der Waals surface area contributed by atoms with Crippen molar-refractivity contribution in [1.29, 1.82) is 0 Å². The molecule has 0 aromatic heterocycles. The molecule has 4 aromatic rings. The van der Waals surface area contributed by atoms with Crippen LogP contribution in [0.25, 0.3) is 34.4 Å². The molecule has 276 valence electrons. The van der Waals surface area contributed by atoms with Crippen molar-refractivity contribution < 1.29 is 14.2 Å². The molecule has 0 spiro atoms. The van der Waals surface area contributed by atoms with E-state index in [4.69, 9.17) is 0 Å². The maximum atomic E-state index is 2.76. The Balaban J connectivity index is 1.51. The maximum absolute atomic E-state index is 4.92. The van der Waals surface area contributed by atoms with Crippen LogP contribution in [0.4, 0.5) is 0 Å². The molecule has 2 unspecified atom stereocenters. The van der Waals surface area contributed by atoms with Crippen molar-refractivity contribution in [2.24, 2.45) is 0 Å². The SMILES string of the molecule is CC(C)(C)c1cc(-c2cccc3c2C=C[CH]3[Hf]([CH3])([CH3])([CH3])([CH3])(=[SiH2])[CH]2C=Cc3c(-c4cc(C(C)(C)C)cc(C(C)(C)C)c4)cccc32)cc(C(C)(C)C)c1. The molecule has 0 radical (unpaired) electrons. The molecular formula is C50H68HfSi. The first kappa shape index (κ1) is 39.1. The van der Waals surface area contributed by atoms with Crippen molar-refractivity contribution >= 4 is 19.1 Å². The second-order valence-corrected chi connectivity index (χ2v) is 112. The molecule has 0 N–H and O–H groups in total. The fourth-order valence-corrected chi connectivity index (χ4v) is 38.2. The van der Waals surface area contributed by atoms with Crippen molar-refractivity contribution in [1.82, 2.24) is 0 Å². The van der Waals surface area contributed by atoms with Gasteiger partial charge in [-0.15, -0.1) is 0 Å². The summed E-state index contributed by atoms with van der Waals surface area (Å²) < 4.78 is 11.8. The van der Waals surface area contributed by atoms with Gasteiger partial charge in [0, 0.05) is 0 Å². The topological polar surface area (TPSA) is 0 Å². The Labute approximate surface area is 313 Å². The van der Waals surface area contributed by atoms with Crippen molar-refractivity contribution in [3.63, 3.8) is 0 Å². The predicted octanol–water partition coefficient (Wildman–Crippen LogP) is 14.5. The first-order valence-electron chi connectivity index (χ1n) is 19.9. The van der Waals surface area contributed by atoms with E-state index in [1.807, 2.05) is 0 Å². The van der Waals surface area contributed by atoms with Crippen molar-refractivity contribution in [2.45, 2.75) is 131 Å². The summed E-state index contributed by atoms with van der Waals surface area (Å²) in [5.41, 5.74) is 17.2. The molecule has 6 rings (SSSR count). The van der Waals surface area contributed by atoms with Crippen LogP contribution in [0.1, 0.15) is 135 Å². The Morgan fingerprint density at radius 2 is 0.731 bits per heavy atom. The van der Waals surface area contributed by atoms with Gasteiger partial charge in [0.25, 0.3) is 0 Å². The third-order valence-corrected chi connectivity index (χ3v) is 47.5. The third-order valence-electron chi connectivity index (χ3n) is 13.1. The van der Waals surface area contributed by atoms with Crippen LogP contribution < -0.4 is 0 Å².